The Hall–Kier alpha value is -2.24. The van der Waals surface area contributed by atoms with E-state index in [9.17, 15) is 9.90 Å². The van der Waals surface area contributed by atoms with Gasteiger partial charge in [0.05, 0.1) is 18.3 Å². The van der Waals surface area contributed by atoms with Gasteiger partial charge in [0.15, 0.2) is 0 Å². The molecular weight excluding hydrogens is 410 g/mol. The highest BCUT2D eigenvalue weighted by Gasteiger charge is 2.34. The van der Waals surface area contributed by atoms with Crippen LogP contribution < -0.4 is 5.32 Å². The number of aromatic nitrogens is 1. The van der Waals surface area contributed by atoms with Gasteiger partial charge in [-0.25, -0.2) is 0 Å². The maximum atomic E-state index is 13.0. The first kappa shape index (κ1) is 23.9. The van der Waals surface area contributed by atoms with Crippen LogP contribution in [0.1, 0.15) is 91.3 Å². The van der Waals surface area contributed by atoms with E-state index in [0.29, 0.717) is 23.2 Å². The molecule has 33 heavy (non-hydrogen) atoms. The van der Waals surface area contributed by atoms with Crippen molar-refractivity contribution in [3.63, 3.8) is 0 Å². The number of benzene rings is 1. The summed E-state index contributed by atoms with van der Waals surface area (Å²) < 4.78 is 0. The van der Waals surface area contributed by atoms with E-state index in [2.05, 4.69) is 48.1 Å². The fraction of sp³-hybridized carbons (Fsp3) is 0.571. The number of aryl methyl sites for hydroxylation is 1. The van der Waals surface area contributed by atoms with Crippen molar-refractivity contribution < 1.29 is 9.90 Å². The van der Waals surface area contributed by atoms with Crippen LogP contribution in [0.3, 0.4) is 0 Å². The molecule has 2 N–H and O–H groups in total. The van der Waals surface area contributed by atoms with Crippen molar-refractivity contribution >= 4 is 5.91 Å². The molecular formula is C28H39N3O2. The standard InChI is InChI=1S/C28H39N3O2/c1-18(2)27-24-11-10-22(28(33)30-26(17-32)25-12-7-20(4)14-29-25)13-23(24)16-31(27)15-21-8-5-19(3)6-9-21/h7,10-14,18-19,21,26-27,32H,5-6,8-9,15-17H2,1-4H3,(H,30,33)/t19?,21?,26-,27-/m0/s1. The van der Waals surface area contributed by atoms with Gasteiger partial charge in [-0.2, -0.15) is 0 Å². The van der Waals surface area contributed by atoms with Gasteiger partial charge in [0.2, 0.25) is 0 Å². The average molecular weight is 450 g/mol. The molecule has 2 heterocycles. The third-order valence-corrected chi connectivity index (χ3v) is 7.53. The van der Waals surface area contributed by atoms with Gasteiger partial charge in [0.25, 0.3) is 5.91 Å². The number of aliphatic hydroxyl groups excluding tert-OH is 1. The molecule has 0 unspecified atom stereocenters. The molecule has 4 rings (SSSR count). The third kappa shape index (κ3) is 5.47. The fourth-order valence-corrected chi connectivity index (χ4v) is 5.63. The van der Waals surface area contributed by atoms with Crippen LogP contribution in [0.5, 0.6) is 0 Å². The summed E-state index contributed by atoms with van der Waals surface area (Å²) in [7, 11) is 0. The first-order chi connectivity index (χ1) is 15.9. The zero-order valence-electron chi connectivity index (χ0n) is 20.6. The SMILES string of the molecule is Cc1ccc([C@H](CO)NC(=O)c2ccc3c(c2)CN(CC2CCC(C)CC2)[C@H]3C(C)C)nc1. The smallest absolute Gasteiger partial charge is 0.251 e. The van der Waals surface area contributed by atoms with Crippen LogP contribution in [-0.4, -0.2) is 34.0 Å². The molecule has 1 amide bonds. The number of carbonyl (C=O) groups is 1. The molecule has 2 aromatic rings. The van der Waals surface area contributed by atoms with Gasteiger partial charge >= 0.3 is 0 Å². The van der Waals surface area contributed by atoms with E-state index in [-0.39, 0.29) is 12.5 Å². The highest BCUT2D eigenvalue weighted by atomic mass is 16.3. The maximum Gasteiger partial charge on any atom is 0.251 e. The summed E-state index contributed by atoms with van der Waals surface area (Å²) in [6.07, 6.45) is 7.13. The van der Waals surface area contributed by atoms with Gasteiger partial charge in [0, 0.05) is 30.9 Å². The molecule has 0 radical (unpaired) electrons. The van der Waals surface area contributed by atoms with E-state index in [4.69, 9.17) is 0 Å². The number of rotatable bonds is 7. The van der Waals surface area contributed by atoms with Crippen molar-refractivity contribution in [2.75, 3.05) is 13.2 Å². The lowest BCUT2D eigenvalue weighted by atomic mass is 9.82. The number of carbonyl (C=O) groups excluding carboxylic acids is 1. The minimum atomic E-state index is -0.514. The zero-order valence-corrected chi connectivity index (χ0v) is 20.6. The molecule has 0 saturated heterocycles. The van der Waals surface area contributed by atoms with E-state index in [0.717, 1.165) is 30.5 Å². The van der Waals surface area contributed by atoms with Crippen LogP contribution >= 0.6 is 0 Å². The highest BCUT2D eigenvalue weighted by molar-refractivity contribution is 5.94. The summed E-state index contributed by atoms with van der Waals surface area (Å²) in [6, 6.07) is 9.84. The van der Waals surface area contributed by atoms with Crippen molar-refractivity contribution in [1.82, 2.24) is 15.2 Å². The fourth-order valence-electron chi connectivity index (χ4n) is 5.63. The monoisotopic (exact) mass is 449 g/mol. The van der Waals surface area contributed by atoms with Crippen LogP contribution in [-0.2, 0) is 6.54 Å². The van der Waals surface area contributed by atoms with Gasteiger partial charge in [0.1, 0.15) is 0 Å². The van der Waals surface area contributed by atoms with Gasteiger partial charge in [-0.1, -0.05) is 45.7 Å². The number of aliphatic hydroxyl groups is 1. The Morgan fingerprint density at radius 2 is 1.94 bits per heavy atom. The number of pyridine rings is 1. The van der Waals surface area contributed by atoms with Gasteiger partial charge in [-0.3, -0.25) is 14.7 Å². The van der Waals surface area contributed by atoms with E-state index in [1.165, 1.54) is 36.8 Å². The average Bonchev–Trinajstić information content (AvgIpc) is 3.16. The molecule has 5 nitrogen and oxygen atoms in total. The van der Waals surface area contributed by atoms with Crippen LogP contribution in [0.15, 0.2) is 36.5 Å². The molecule has 1 saturated carbocycles. The molecule has 1 aromatic carbocycles. The number of amides is 1. The molecule has 1 aliphatic carbocycles. The van der Waals surface area contributed by atoms with Crippen LogP contribution in [0.4, 0.5) is 0 Å². The lowest BCUT2D eigenvalue weighted by Gasteiger charge is -2.34. The van der Waals surface area contributed by atoms with Crippen LogP contribution in [0, 0.1) is 24.7 Å². The van der Waals surface area contributed by atoms with Crippen LogP contribution in [0.25, 0.3) is 0 Å². The molecule has 1 aliphatic heterocycles. The zero-order chi connectivity index (χ0) is 23.5. The van der Waals surface area contributed by atoms with E-state index < -0.39 is 6.04 Å². The summed E-state index contributed by atoms with van der Waals surface area (Å²) in [5.74, 6) is 2.02. The molecule has 1 aromatic heterocycles. The molecule has 1 fully saturated rings. The predicted molar refractivity (Wildman–Crippen MR) is 132 cm³/mol. The van der Waals surface area contributed by atoms with Crippen molar-refractivity contribution in [1.29, 1.82) is 0 Å². The molecule has 5 heteroatoms. The first-order valence-corrected chi connectivity index (χ1v) is 12.6. The third-order valence-electron chi connectivity index (χ3n) is 7.53. The molecule has 0 bridgehead atoms. The Morgan fingerprint density at radius 3 is 2.58 bits per heavy atom. The predicted octanol–water partition coefficient (Wildman–Crippen LogP) is 5.19. The quantitative estimate of drug-likeness (QED) is 0.610. The summed E-state index contributed by atoms with van der Waals surface area (Å²) in [5, 5.41) is 12.8. The Kier molecular flexibility index (Phi) is 7.50. The summed E-state index contributed by atoms with van der Waals surface area (Å²) in [5.41, 5.74) is 5.00. The molecule has 0 spiro atoms. The van der Waals surface area contributed by atoms with E-state index >= 15 is 0 Å². The summed E-state index contributed by atoms with van der Waals surface area (Å²) >= 11 is 0. The Morgan fingerprint density at radius 1 is 1.18 bits per heavy atom. The van der Waals surface area contributed by atoms with Gasteiger partial charge in [-0.15, -0.1) is 0 Å². The summed E-state index contributed by atoms with van der Waals surface area (Å²) in [4.78, 5) is 20.1. The number of nitrogens with one attached hydrogen (secondary N) is 1. The lowest BCUT2D eigenvalue weighted by Crippen LogP contribution is -2.32. The Labute approximate surface area is 198 Å². The molecule has 178 valence electrons. The van der Waals surface area contributed by atoms with Crippen molar-refractivity contribution in [3.05, 3.63) is 64.5 Å². The van der Waals surface area contributed by atoms with Gasteiger partial charge in [-0.05, 0) is 72.4 Å². The molecule has 2 atom stereocenters. The Balaban J connectivity index is 1.47. The largest absolute Gasteiger partial charge is 0.394 e. The first-order valence-electron chi connectivity index (χ1n) is 12.6. The highest BCUT2D eigenvalue weighted by Crippen LogP contribution is 2.41. The number of nitrogens with zero attached hydrogens (tertiary/aromatic N) is 2. The van der Waals surface area contributed by atoms with E-state index in [1.54, 1.807) is 6.20 Å². The number of hydrogen-bond acceptors (Lipinski definition) is 4. The normalized spacial score (nSPS) is 24.0. The minimum Gasteiger partial charge on any atom is -0.394 e. The second kappa shape index (κ2) is 10.4. The van der Waals surface area contributed by atoms with Crippen molar-refractivity contribution in [3.8, 4) is 0 Å². The maximum absolute atomic E-state index is 13.0. The van der Waals surface area contributed by atoms with E-state index in [1.807, 2.05) is 25.1 Å². The number of fused-ring (bicyclic) bond motifs is 1. The summed E-state index contributed by atoms with van der Waals surface area (Å²) in [6.45, 7) is 10.8. The lowest BCUT2D eigenvalue weighted by molar-refractivity contribution is 0.0914. The number of hydrogen-bond donors (Lipinski definition) is 2. The second-order valence-electron chi connectivity index (χ2n) is 10.6. The topological polar surface area (TPSA) is 65.5 Å². The van der Waals surface area contributed by atoms with Crippen molar-refractivity contribution in [2.45, 2.75) is 72.0 Å². The van der Waals surface area contributed by atoms with Gasteiger partial charge < -0.3 is 10.4 Å². The van der Waals surface area contributed by atoms with Crippen molar-refractivity contribution in [2.24, 2.45) is 17.8 Å². The second-order valence-corrected chi connectivity index (χ2v) is 10.6. The van der Waals surface area contributed by atoms with Crippen LogP contribution in [0.2, 0.25) is 0 Å². The Bertz CT molecular complexity index is 948. The minimum absolute atomic E-state index is 0.167. The molecule has 2 aliphatic rings.